The molecule has 1 aliphatic rings. The number of nitrogens with one attached hydrogen (secondary N) is 1. The van der Waals surface area contributed by atoms with Crippen LogP contribution in [0, 0.1) is 0 Å². The first-order valence-corrected chi connectivity index (χ1v) is 6.52. The van der Waals surface area contributed by atoms with Gasteiger partial charge in [0.2, 0.25) is 0 Å². The molecule has 0 aliphatic carbocycles. The van der Waals surface area contributed by atoms with Gasteiger partial charge in [-0.3, -0.25) is 4.57 Å². The largest absolute Gasteiger partial charge is 0.393 e. The number of hydrogen-bond acceptors (Lipinski definition) is 8. The van der Waals surface area contributed by atoms with Gasteiger partial charge in [0.15, 0.2) is 17.7 Å². The highest BCUT2D eigenvalue weighted by Gasteiger charge is 2.52. The normalized spacial score (nSPS) is 32.7. The van der Waals surface area contributed by atoms with Crippen LogP contribution in [0.1, 0.15) is 13.2 Å². The molecule has 114 valence electrons. The van der Waals surface area contributed by atoms with Crippen LogP contribution in [-0.2, 0) is 4.74 Å². The summed E-state index contributed by atoms with van der Waals surface area (Å²) in [5, 5.41) is 32.5. The van der Waals surface area contributed by atoms with Gasteiger partial charge in [0, 0.05) is 7.05 Å². The zero-order valence-electron chi connectivity index (χ0n) is 11.6. The lowest BCUT2D eigenvalue weighted by Gasteiger charge is -2.24. The summed E-state index contributed by atoms with van der Waals surface area (Å²) in [5.41, 5.74) is -0.241. The lowest BCUT2D eigenvalue weighted by atomic mass is 9.99. The van der Waals surface area contributed by atoms with Crippen LogP contribution in [0.15, 0.2) is 12.7 Å². The molecule has 9 heteroatoms. The van der Waals surface area contributed by atoms with Gasteiger partial charge in [-0.25, -0.2) is 15.0 Å². The summed E-state index contributed by atoms with van der Waals surface area (Å²) in [7, 11) is 1.72. The number of ether oxygens (including phenoxy) is 1. The van der Waals surface area contributed by atoms with Crippen molar-refractivity contribution in [2.75, 3.05) is 19.0 Å². The second kappa shape index (κ2) is 4.88. The predicted molar refractivity (Wildman–Crippen MR) is 72.5 cm³/mol. The van der Waals surface area contributed by atoms with E-state index in [1.807, 2.05) is 0 Å². The second-order valence-corrected chi connectivity index (χ2v) is 5.21. The molecule has 9 nitrogen and oxygen atoms in total. The van der Waals surface area contributed by atoms with Crippen molar-refractivity contribution in [1.82, 2.24) is 19.5 Å². The molecule has 3 rings (SSSR count). The fourth-order valence-corrected chi connectivity index (χ4v) is 2.51. The fourth-order valence-electron chi connectivity index (χ4n) is 2.51. The van der Waals surface area contributed by atoms with E-state index >= 15 is 0 Å². The maximum atomic E-state index is 10.2. The molecule has 1 saturated heterocycles. The van der Waals surface area contributed by atoms with E-state index in [1.165, 1.54) is 24.1 Å². The minimum Gasteiger partial charge on any atom is -0.393 e. The molecule has 4 atom stereocenters. The molecular weight excluding hydrogens is 278 g/mol. The molecule has 1 aliphatic heterocycles. The highest BCUT2D eigenvalue weighted by Crippen LogP contribution is 2.38. The second-order valence-electron chi connectivity index (χ2n) is 5.21. The van der Waals surface area contributed by atoms with Gasteiger partial charge in [0.25, 0.3) is 0 Å². The first-order chi connectivity index (χ1) is 10.0. The van der Waals surface area contributed by atoms with Crippen LogP contribution >= 0.6 is 0 Å². The molecule has 0 saturated carbocycles. The average Bonchev–Trinajstić information content (AvgIpc) is 3.02. The first-order valence-electron chi connectivity index (χ1n) is 6.52. The zero-order chi connectivity index (χ0) is 15.2. The van der Waals surface area contributed by atoms with E-state index in [0.717, 1.165) is 0 Å². The number of fused-ring (bicyclic) bond motifs is 1. The summed E-state index contributed by atoms with van der Waals surface area (Å²) in [4.78, 5) is 12.4. The Morgan fingerprint density at radius 1 is 1.38 bits per heavy atom. The number of aliphatic hydroxyl groups excluding tert-OH is 3. The van der Waals surface area contributed by atoms with Crippen molar-refractivity contribution >= 4 is 17.0 Å². The Morgan fingerprint density at radius 2 is 2.14 bits per heavy atom. The summed E-state index contributed by atoms with van der Waals surface area (Å²) >= 11 is 0. The lowest BCUT2D eigenvalue weighted by Crippen LogP contribution is -2.43. The topological polar surface area (TPSA) is 126 Å². The van der Waals surface area contributed by atoms with Gasteiger partial charge in [-0.2, -0.15) is 0 Å². The predicted octanol–water partition coefficient (Wildman–Crippen LogP) is -1.13. The van der Waals surface area contributed by atoms with E-state index in [0.29, 0.717) is 17.0 Å². The van der Waals surface area contributed by atoms with Gasteiger partial charge in [-0.1, -0.05) is 0 Å². The van der Waals surface area contributed by atoms with E-state index in [2.05, 4.69) is 20.3 Å². The van der Waals surface area contributed by atoms with E-state index < -0.39 is 30.6 Å². The van der Waals surface area contributed by atoms with Crippen LogP contribution in [0.4, 0.5) is 5.82 Å². The van der Waals surface area contributed by atoms with Crippen LogP contribution in [0.2, 0.25) is 0 Å². The maximum Gasteiger partial charge on any atom is 0.167 e. The highest BCUT2D eigenvalue weighted by molar-refractivity contribution is 5.82. The molecular formula is C12H17N5O4. The number of rotatable bonds is 3. The molecule has 0 bridgehead atoms. The molecule has 4 N–H and O–H groups in total. The summed E-state index contributed by atoms with van der Waals surface area (Å²) in [6, 6.07) is 0. The minimum absolute atomic E-state index is 0.412. The Bertz CT molecular complexity index is 662. The third-order valence-corrected chi connectivity index (χ3v) is 3.81. The van der Waals surface area contributed by atoms with Crippen LogP contribution in [0.3, 0.4) is 0 Å². The molecule has 3 heterocycles. The molecule has 2 aromatic heterocycles. The molecule has 0 spiro atoms. The quantitative estimate of drug-likeness (QED) is 0.560. The van der Waals surface area contributed by atoms with Crippen LogP contribution < -0.4 is 5.32 Å². The molecule has 1 unspecified atom stereocenters. The van der Waals surface area contributed by atoms with Gasteiger partial charge >= 0.3 is 0 Å². The zero-order valence-corrected chi connectivity index (χ0v) is 11.6. The van der Waals surface area contributed by atoms with Crippen molar-refractivity contribution < 1.29 is 20.1 Å². The maximum absolute atomic E-state index is 10.2. The average molecular weight is 295 g/mol. The van der Waals surface area contributed by atoms with E-state index in [4.69, 9.17) is 4.74 Å². The molecule has 2 aromatic rings. The smallest absolute Gasteiger partial charge is 0.167 e. The Hall–Kier alpha value is -1.81. The Morgan fingerprint density at radius 3 is 2.76 bits per heavy atom. The van der Waals surface area contributed by atoms with Crippen LogP contribution in [0.25, 0.3) is 11.2 Å². The fraction of sp³-hybridized carbons (Fsp3) is 0.583. The Balaban J connectivity index is 2.06. The third-order valence-electron chi connectivity index (χ3n) is 3.81. The number of aliphatic hydroxyl groups is 3. The Labute approximate surface area is 120 Å². The number of aromatic nitrogens is 4. The van der Waals surface area contributed by atoms with Gasteiger partial charge in [-0.05, 0) is 6.92 Å². The third kappa shape index (κ3) is 1.97. The summed E-state index contributed by atoms with van der Waals surface area (Å²) < 4.78 is 7.16. The molecule has 0 radical (unpaired) electrons. The van der Waals surface area contributed by atoms with Gasteiger partial charge < -0.3 is 25.4 Å². The standard InChI is InChI=1S/C12H17N5O4/c1-12(3-18)8(20)7(19)11(21-12)17-5-16-6-9(13-2)14-4-15-10(6)17/h4-5,7-8,11,18-20H,3H2,1-2H3,(H,13,14,15)/t7-,8?,11+,12+/m0/s1. The summed E-state index contributed by atoms with van der Waals surface area (Å²) in [6.45, 7) is 1.12. The Kier molecular flexibility index (Phi) is 3.29. The number of imidazole rings is 1. The van der Waals surface area contributed by atoms with Crippen molar-refractivity contribution in [2.24, 2.45) is 0 Å². The van der Waals surface area contributed by atoms with Crippen LogP contribution in [0.5, 0.6) is 0 Å². The monoisotopic (exact) mass is 295 g/mol. The molecule has 0 aromatic carbocycles. The number of nitrogens with zero attached hydrogens (tertiary/aromatic N) is 4. The van der Waals surface area contributed by atoms with Gasteiger partial charge in [-0.15, -0.1) is 0 Å². The van der Waals surface area contributed by atoms with Crippen molar-refractivity contribution in [3.63, 3.8) is 0 Å². The summed E-state index contributed by atoms with van der Waals surface area (Å²) in [6.07, 6.45) is -0.468. The first kappa shape index (κ1) is 14.1. The number of anilines is 1. The van der Waals surface area contributed by atoms with Gasteiger partial charge in [0.1, 0.15) is 29.7 Å². The molecule has 21 heavy (non-hydrogen) atoms. The van der Waals surface area contributed by atoms with Crippen molar-refractivity contribution in [3.05, 3.63) is 12.7 Å². The van der Waals surface area contributed by atoms with Crippen molar-refractivity contribution in [1.29, 1.82) is 0 Å². The van der Waals surface area contributed by atoms with E-state index in [-0.39, 0.29) is 0 Å². The van der Waals surface area contributed by atoms with Crippen LogP contribution in [-0.4, -0.2) is 66.3 Å². The number of hydrogen-bond donors (Lipinski definition) is 4. The minimum atomic E-state index is -1.24. The van der Waals surface area contributed by atoms with Crippen molar-refractivity contribution in [3.8, 4) is 0 Å². The summed E-state index contributed by atoms with van der Waals surface area (Å²) in [5.74, 6) is 0.553. The highest BCUT2D eigenvalue weighted by atomic mass is 16.6. The van der Waals surface area contributed by atoms with E-state index in [1.54, 1.807) is 7.05 Å². The SMILES string of the molecule is CNc1ncnc2c1ncn2[C@@H]1O[C@](C)(CO)C(O)[C@@H]1O. The molecule has 0 amide bonds. The molecule has 1 fully saturated rings. The van der Waals surface area contributed by atoms with Crippen molar-refractivity contribution in [2.45, 2.75) is 31.0 Å². The lowest BCUT2D eigenvalue weighted by molar-refractivity contribution is -0.115. The van der Waals surface area contributed by atoms with Gasteiger partial charge in [0.05, 0.1) is 12.9 Å². The van der Waals surface area contributed by atoms with E-state index in [9.17, 15) is 15.3 Å².